The number of carbonyl (C=O) groups excluding carboxylic acids is 2. The van der Waals surface area contributed by atoms with Gasteiger partial charge in [-0.1, -0.05) is 18.2 Å². The fourth-order valence-corrected chi connectivity index (χ4v) is 2.44. The second-order valence-electron chi connectivity index (χ2n) is 5.55. The summed E-state index contributed by atoms with van der Waals surface area (Å²) in [7, 11) is 0. The average Bonchev–Trinajstić information content (AvgIpc) is 2.98. The highest BCUT2D eigenvalue weighted by atomic mass is 19.1. The monoisotopic (exact) mass is 369 g/mol. The first-order chi connectivity index (χ1) is 13.0. The lowest BCUT2D eigenvalue weighted by molar-refractivity contribution is -0.132. The average molecular weight is 369 g/mol. The van der Waals surface area contributed by atoms with Gasteiger partial charge in [0, 0.05) is 6.92 Å². The summed E-state index contributed by atoms with van der Waals surface area (Å²) in [5, 5.41) is 0. The third kappa shape index (κ3) is 4.20. The third-order valence-electron chi connectivity index (χ3n) is 3.55. The molecule has 0 saturated carbocycles. The van der Waals surface area contributed by atoms with Crippen LogP contribution in [0.1, 0.15) is 25.0 Å². The van der Waals surface area contributed by atoms with E-state index in [0.717, 1.165) is 0 Å². The lowest BCUT2D eigenvalue weighted by atomic mass is 10.1. The topological polar surface area (TPSA) is 74.2 Å². The van der Waals surface area contributed by atoms with Gasteiger partial charge in [0.1, 0.15) is 5.82 Å². The SMILES string of the molecule is CCOc1cc(/C=C2\N=C(c3ccccc3F)OC2=O)ccc1OC(C)=O. The number of esters is 2. The van der Waals surface area contributed by atoms with Crippen LogP contribution >= 0.6 is 0 Å². The Morgan fingerprint density at radius 2 is 2.00 bits per heavy atom. The van der Waals surface area contributed by atoms with Crippen molar-refractivity contribution >= 4 is 23.9 Å². The predicted octanol–water partition coefficient (Wildman–Crippen LogP) is 3.49. The van der Waals surface area contributed by atoms with Crippen LogP contribution in [-0.2, 0) is 14.3 Å². The van der Waals surface area contributed by atoms with E-state index in [0.29, 0.717) is 17.9 Å². The molecule has 0 amide bonds. The van der Waals surface area contributed by atoms with Gasteiger partial charge in [-0.15, -0.1) is 0 Å². The Balaban J connectivity index is 1.93. The van der Waals surface area contributed by atoms with Crippen LogP contribution in [-0.4, -0.2) is 24.4 Å². The van der Waals surface area contributed by atoms with E-state index < -0.39 is 17.8 Å². The van der Waals surface area contributed by atoms with E-state index in [1.54, 1.807) is 31.2 Å². The molecule has 3 rings (SSSR count). The molecule has 138 valence electrons. The van der Waals surface area contributed by atoms with Crippen molar-refractivity contribution in [2.75, 3.05) is 6.61 Å². The van der Waals surface area contributed by atoms with Crippen molar-refractivity contribution in [3.63, 3.8) is 0 Å². The fourth-order valence-electron chi connectivity index (χ4n) is 2.44. The molecule has 7 heteroatoms. The van der Waals surface area contributed by atoms with Crippen molar-refractivity contribution in [3.8, 4) is 11.5 Å². The van der Waals surface area contributed by atoms with Crippen LogP contribution < -0.4 is 9.47 Å². The Labute approximate surface area is 154 Å². The summed E-state index contributed by atoms with van der Waals surface area (Å²) < 4.78 is 29.5. The molecular formula is C20H16FNO5. The standard InChI is InChI=1S/C20H16FNO5/c1-3-25-18-11-13(8-9-17(18)26-12(2)23)10-16-20(24)27-19(22-16)14-6-4-5-7-15(14)21/h4-11H,3H2,1-2H3/b16-10-. The van der Waals surface area contributed by atoms with Gasteiger partial charge in [0.05, 0.1) is 12.2 Å². The fraction of sp³-hybridized carbons (Fsp3) is 0.150. The first kappa shape index (κ1) is 18.3. The number of hydrogen-bond donors (Lipinski definition) is 0. The normalized spacial score (nSPS) is 14.7. The van der Waals surface area contributed by atoms with Gasteiger partial charge in [-0.05, 0) is 42.8 Å². The molecular weight excluding hydrogens is 353 g/mol. The van der Waals surface area contributed by atoms with Crippen molar-refractivity contribution in [1.82, 2.24) is 0 Å². The first-order valence-electron chi connectivity index (χ1n) is 8.20. The molecule has 27 heavy (non-hydrogen) atoms. The summed E-state index contributed by atoms with van der Waals surface area (Å²) in [4.78, 5) is 27.3. The summed E-state index contributed by atoms with van der Waals surface area (Å²) >= 11 is 0. The zero-order chi connectivity index (χ0) is 19.4. The number of rotatable bonds is 5. The number of cyclic esters (lactones) is 1. The number of halogens is 1. The molecule has 6 nitrogen and oxygen atoms in total. The second-order valence-corrected chi connectivity index (χ2v) is 5.55. The highest BCUT2D eigenvalue weighted by molar-refractivity contribution is 6.12. The van der Waals surface area contributed by atoms with E-state index in [1.807, 2.05) is 0 Å². The van der Waals surface area contributed by atoms with Crippen LogP contribution in [0.15, 0.2) is 53.2 Å². The van der Waals surface area contributed by atoms with Gasteiger partial charge in [0.15, 0.2) is 17.2 Å². The molecule has 0 saturated heterocycles. The van der Waals surface area contributed by atoms with Crippen LogP contribution in [0.5, 0.6) is 11.5 Å². The van der Waals surface area contributed by atoms with Gasteiger partial charge in [-0.3, -0.25) is 4.79 Å². The van der Waals surface area contributed by atoms with Crippen LogP contribution in [0.2, 0.25) is 0 Å². The molecule has 1 aliphatic rings. The minimum Gasteiger partial charge on any atom is -0.490 e. The van der Waals surface area contributed by atoms with Crippen molar-refractivity contribution in [1.29, 1.82) is 0 Å². The van der Waals surface area contributed by atoms with Crippen LogP contribution in [0.25, 0.3) is 6.08 Å². The van der Waals surface area contributed by atoms with Gasteiger partial charge < -0.3 is 14.2 Å². The van der Waals surface area contributed by atoms with E-state index in [1.165, 1.54) is 31.2 Å². The third-order valence-corrected chi connectivity index (χ3v) is 3.55. The number of ether oxygens (including phenoxy) is 3. The molecule has 0 N–H and O–H groups in total. The lowest BCUT2D eigenvalue weighted by Gasteiger charge is -2.10. The lowest BCUT2D eigenvalue weighted by Crippen LogP contribution is -2.07. The first-order valence-corrected chi connectivity index (χ1v) is 8.20. The summed E-state index contributed by atoms with van der Waals surface area (Å²) in [6, 6.07) is 10.7. The van der Waals surface area contributed by atoms with Gasteiger partial charge in [-0.25, -0.2) is 14.2 Å². The maximum absolute atomic E-state index is 13.9. The molecule has 2 aromatic rings. The Morgan fingerprint density at radius 1 is 1.22 bits per heavy atom. The van der Waals surface area contributed by atoms with Crippen molar-refractivity contribution in [2.45, 2.75) is 13.8 Å². The molecule has 0 fully saturated rings. The predicted molar refractivity (Wildman–Crippen MR) is 95.9 cm³/mol. The Hall–Kier alpha value is -3.48. The molecule has 0 aliphatic carbocycles. The summed E-state index contributed by atoms with van der Waals surface area (Å²) in [6.07, 6.45) is 1.48. The number of carbonyl (C=O) groups is 2. The van der Waals surface area contributed by atoms with E-state index in [4.69, 9.17) is 14.2 Å². The molecule has 0 aromatic heterocycles. The number of nitrogens with zero attached hydrogens (tertiary/aromatic N) is 1. The molecule has 1 heterocycles. The molecule has 0 unspecified atom stereocenters. The van der Waals surface area contributed by atoms with Gasteiger partial charge in [0.2, 0.25) is 5.90 Å². The number of benzene rings is 2. The van der Waals surface area contributed by atoms with Crippen molar-refractivity contribution in [3.05, 3.63) is 65.1 Å². The Kier molecular flexibility index (Phi) is 5.30. The van der Waals surface area contributed by atoms with Gasteiger partial charge in [0.25, 0.3) is 0 Å². The van der Waals surface area contributed by atoms with Gasteiger partial charge >= 0.3 is 11.9 Å². The molecule has 0 radical (unpaired) electrons. The summed E-state index contributed by atoms with van der Waals surface area (Å²) in [5.41, 5.74) is 0.713. The maximum atomic E-state index is 13.9. The van der Waals surface area contributed by atoms with E-state index >= 15 is 0 Å². The Bertz CT molecular complexity index is 965. The quantitative estimate of drug-likeness (QED) is 0.458. The van der Waals surface area contributed by atoms with Crippen molar-refractivity contribution < 1.29 is 28.2 Å². The molecule has 0 atom stereocenters. The van der Waals surface area contributed by atoms with Crippen LogP contribution in [0.3, 0.4) is 0 Å². The largest absolute Gasteiger partial charge is 0.490 e. The minimum absolute atomic E-state index is 0.0240. The van der Waals surface area contributed by atoms with E-state index in [9.17, 15) is 14.0 Å². The summed E-state index contributed by atoms with van der Waals surface area (Å²) in [6.45, 7) is 3.45. The van der Waals surface area contributed by atoms with Crippen molar-refractivity contribution in [2.24, 2.45) is 4.99 Å². The zero-order valence-electron chi connectivity index (χ0n) is 14.7. The molecule has 1 aliphatic heterocycles. The molecule has 0 bridgehead atoms. The summed E-state index contributed by atoms with van der Waals surface area (Å²) in [5.74, 6) is -1.15. The molecule has 0 spiro atoms. The maximum Gasteiger partial charge on any atom is 0.363 e. The van der Waals surface area contributed by atoms with Crippen LogP contribution in [0.4, 0.5) is 4.39 Å². The second kappa shape index (κ2) is 7.82. The van der Waals surface area contributed by atoms with Gasteiger partial charge in [-0.2, -0.15) is 0 Å². The minimum atomic E-state index is -0.685. The highest BCUT2D eigenvalue weighted by Crippen LogP contribution is 2.30. The number of aliphatic imine (C=N–C) groups is 1. The zero-order valence-corrected chi connectivity index (χ0v) is 14.7. The highest BCUT2D eigenvalue weighted by Gasteiger charge is 2.26. The van der Waals surface area contributed by atoms with Crippen LogP contribution in [0, 0.1) is 5.82 Å². The van der Waals surface area contributed by atoms with E-state index in [2.05, 4.69) is 4.99 Å². The number of hydrogen-bond acceptors (Lipinski definition) is 6. The molecule has 2 aromatic carbocycles. The van der Waals surface area contributed by atoms with E-state index in [-0.39, 0.29) is 22.9 Å². The Morgan fingerprint density at radius 3 is 2.70 bits per heavy atom. The smallest absolute Gasteiger partial charge is 0.363 e.